The van der Waals surface area contributed by atoms with Crippen molar-refractivity contribution in [2.24, 2.45) is 11.3 Å². The monoisotopic (exact) mass is 329 g/mol. The van der Waals surface area contributed by atoms with Crippen LogP contribution in [0.4, 0.5) is 5.69 Å². The lowest BCUT2D eigenvalue weighted by Gasteiger charge is -2.39. The van der Waals surface area contributed by atoms with Crippen LogP contribution in [0.5, 0.6) is 0 Å². The van der Waals surface area contributed by atoms with E-state index in [4.69, 9.17) is 11.6 Å². The molecular weight excluding hydrogens is 310 g/mol. The summed E-state index contributed by atoms with van der Waals surface area (Å²) in [7, 11) is 0. The van der Waals surface area contributed by atoms with E-state index in [-0.39, 0.29) is 0 Å². The number of nitrogens with one attached hydrogen (secondary N) is 1. The normalized spacial score (nSPS) is 26.9. The summed E-state index contributed by atoms with van der Waals surface area (Å²) < 4.78 is 1.07. The van der Waals surface area contributed by atoms with Gasteiger partial charge in [-0.2, -0.15) is 0 Å². The molecule has 0 radical (unpaired) electrons. The molecule has 0 aromatic heterocycles. The van der Waals surface area contributed by atoms with Gasteiger partial charge in [-0.05, 0) is 48.8 Å². The molecule has 0 spiro atoms. The first-order chi connectivity index (χ1) is 8.35. The van der Waals surface area contributed by atoms with E-state index in [9.17, 15) is 0 Å². The minimum Gasteiger partial charge on any atom is -0.381 e. The Balaban J connectivity index is 2.11. The first-order valence-electron chi connectivity index (χ1n) is 6.57. The SMILES string of the molecule is CC1CC(Nc2cc(Br)ccc2Cl)CC(C)(C)C1. The lowest BCUT2D eigenvalue weighted by atomic mass is 9.70. The summed E-state index contributed by atoms with van der Waals surface area (Å²) in [4.78, 5) is 0. The van der Waals surface area contributed by atoms with Gasteiger partial charge in [0.15, 0.2) is 0 Å². The maximum atomic E-state index is 6.24. The number of hydrogen-bond acceptors (Lipinski definition) is 1. The molecule has 100 valence electrons. The molecule has 2 unspecified atom stereocenters. The van der Waals surface area contributed by atoms with Gasteiger partial charge in [-0.25, -0.2) is 0 Å². The third kappa shape index (κ3) is 3.64. The summed E-state index contributed by atoms with van der Waals surface area (Å²) in [6, 6.07) is 6.50. The van der Waals surface area contributed by atoms with Crippen molar-refractivity contribution in [1.29, 1.82) is 0 Å². The molecule has 1 fully saturated rings. The van der Waals surface area contributed by atoms with Crippen LogP contribution >= 0.6 is 27.5 Å². The third-order valence-corrected chi connectivity index (χ3v) is 4.50. The van der Waals surface area contributed by atoms with Crippen molar-refractivity contribution < 1.29 is 0 Å². The molecule has 3 heteroatoms. The predicted molar refractivity (Wildman–Crippen MR) is 83.4 cm³/mol. The summed E-state index contributed by atoms with van der Waals surface area (Å²) in [5.74, 6) is 0.775. The van der Waals surface area contributed by atoms with Crippen LogP contribution in [0.25, 0.3) is 0 Å². The van der Waals surface area contributed by atoms with Gasteiger partial charge < -0.3 is 5.32 Å². The molecule has 1 N–H and O–H groups in total. The zero-order chi connectivity index (χ0) is 13.3. The third-order valence-electron chi connectivity index (χ3n) is 3.67. The second-order valence-electron chi connectivity index (χ2n) is 6.38. The van der Waals surface area contributed by atoms with Gasteiger partial charge in [-0.15, -0.1) is 0 Å². The lowest BCUT2D eigenvalue weighted by molar-refractivity contribution is 0.178. The molecule has 1 aliphatic carbocycles. The van der Waals surface area contributed by atoms with Gasteiger partial charge in [-0.3, -0.25) is 0 Å². The Hall–Kier alpha value is -0.210. The van der Waals surface area contributed by atoms with Crippen molar-refractivity contribution in [2.45, 2.75) is 46.1 Å². The summed E-state index contributed by atoms with van der Waals surface area (Å²) in [5, 5.41) is 4.41. The number of halogens is 2. The topological polar surface area (TPSA) is 12.0 Å². The number of anilines is 1. The highest BCUT2D eigenvalue weighted by atomic mass is 79.9. The van der Waals surface area contributed by atoms with Crippen molar-refractivity contribution >= 4 is 33.2 Å². The minimum atomic E-state index is 0.424. The summed E-state index contributed by atoms with van der Waals surface area (Å²) >= 11 is 9.74. The second kappa shape index (κ2) is 5.42. The van der Waals surface area contributed by atoms with Gasteiger partial charge >= 0.3 is 0 Å². The number of hydrogen-bond donors (Lipinski definition) is 1. The van der Waals surface area contributed by atoms with Gasteiger partial charge in [0.2, 0.25) is 0 Å². The minimum absolute atomic E-state index is 0.424. The van der Waals surface area contributed by atoms with Gasteiger partial charge in [0.05, 0.1) is 10.7 Å². The van der Waals surface area contributed by atoms with Crippen LogP contribution < -0.4 is 5.32 Å². The van der Waals surface area contributed by atoms with E-state index in [1.807, 2.05) is 12.1 Å². The maximum Gasteiger partial charge on any atom is 0.0638 e. The molecule has 0 bridgehead atoms. The Morgan fingerprint density at radius 2 is 2.06 bits per heavy atom. The van der Waals surface area contributed by atoms with Crippen LogP contribution in [0.3, 0.4) is 0 Å². The van der Waals surface area contributed by atoms with Crippen LogP contribution in [0.1, 0.15) is 40.0 Å². The average molecular weight is 331 g/mol. The van der Waals surface area contributed by atoms with E-state index in [1.54, 1.807) is 0 Å². The van der Waals surface area contributed by atoms with E-state index in [1.165, 1.54) is 19.3 Å². The average Bonchev–Trinajstić information content (AvgIpc) is 2.20. The fourth-order valence-corrected chi connectivity index (χ4v) is 3.82. The molecule has 18 heavy (non-hydrogen) atoms. The van der Waals surface area contributed by atoms with Crippen molar-refractivity contribution in [2.75, 3.05) is 5.32 Å². The van der Waals surface area contributed by atoms with E-state index in [0.29, 0.717) is 11.5 Å². The van der Waals surface area contributed by atoms with Crippen molar-refractivity contribution in [3.8, 4) is 0 Å². The van der Waals surface area contributed by atoms with Gasteiger partial charge in [-0.1, -0.05) is 48.3 Å². The lowest BCUT2D eigenvalue weighted by Crippen LogP contribution is -2.35. The highest BCUT2D eigenvalue weighted by Gasteiger charge is 2.32. The first-order valence-corrected chi connectivity index (χ1v) is 7.74. The zero-order valence-electron chi connectivity index (χ0n) is 11.3. The summed E-state index contributed by atoms with van der Waals surface area (Å²) in [6.07, 6.45) is 3.75. The molecule has 1 nitrogen and oxygen atoms in total. The molecule has 0 amide bonds. The molecule has 2 atom stereocenters. The Morgan fingerprint density at radius 1 is 1.33 bits per heavy atom. The fraction of sp³-hybridized carbons (Fsp3) is 0.600. The molecule has 0 heterocycles. The highest BCUT2D eigenvalue weighted by Crippen LogP contribution is 2.40. The molecule has 1 aromatic carbocycles. The van der Waals surface area contributed by atoms with Crippen LogP contribution in [0.2, 0.25) is 5.02 Å². The van der Waals surface area contributed by atoms with Crippen molar-refractivity contribution in [3.05, 3.63) is 27.7 Å². The van der Waals surface area contributed by atoms with Crippen molar-refractivity contribution in [3.63, 3.8) is 0 Å². The first kappa shape index (κ1) is 14.2. The fourth-order valence-electron chi connectivity index (χ4n) is 3.28. The van der Waals surface area contributed by atoms with Gasteiger partial charge in [0, 0.05) is 10.5 Å². The molecule has 1 aliphatic rings. The molecule has 1 saturated carbocycles. The van der Waals surface area contributed by atoms with Crippen LogP contribution in [-0.4, -0.2) is 6.04 Å². The molecular formula is C15H21BrClN. The van der Waals surface area contributed by atoms with E-state index >= 15 is 0 Å². The number of benzene rings is 1. The highest BCUT2D eigenvalue weighted by molar-refractivity contribution is 9.10. The van der Waals surface area contributed by atoms with E-state index in [0.717, 1.165) is 21.1 Å². The Labute approximate surface area is 123 Å². The maximum absolute atomic E-state index is 6.24. The second-order valence-corrected chi connectivity index (χ2v) is 7.70. The molecule has 1 aromatic rings. The number of rotatable bonds is 2. The van der Waals surface area contributed by atoms with Gasteiger partial charge in [0.25, 0.3) is 0 Å². The largest absolute Gasteiger partial charge is 0.381 e. The smallest absolute Gasteiger partial charge is 0.0638 e. The molecule has 2 rings (SSSR count). The Morgan fingerprint density at radius 3 is 2.72 bits per heavy atom. The van der Waals surface area contributed by atoms with Gasteiger partial charge in [0.1, 0.15) is 0 Å². The van der Waals surface area contributed by atoms with Crippen molar-refractivity contribution in [1.82, 2.24) is 0 Å². The van der Waals surface area contributed by atoms with Crippen LogP contribution in [0.15, 0.2) is 22.7 Å². The standard InChI is InChI=1S/C15H21BrClN/c1-10-6-12(9-15(2,3)8-10)18-14-7-11(16)4-5-13(14)17/h4-5,7,10,12,18H,6,8-9H2,1-3H3. The Kier molecular flexibility index (Phi) is 4.28. The molecule has 0 saturated heterocycles. The Bertz CT molecular complexity index is 431. The van der Waals surface area contributed by atoms with E-state index in [2.05, 4.69) is 48.1 Å². The zero-order valence-corrected chi connectivity index (χ0v) is 13.6. The molecule has 0 aliphatic heterocycles. The van der Waals surface area contributed by atoms with Crippen LogP contribution in [0, 0.1) is 11.3 Å². The summed E-state index contributed by atoms with van der Waals surface area (Å²) in [5.41, 5.74) is 1.47. The van der Waals surface area contributed by atoms with Crippen LogP contribution in [-0.2, 0) is 0 Å². The predicted octanol–water partition coefficient (Wildman–Crippen LogP) is 5.73. The quantitative estimate of drug-likeness (QED) is 0.730. The van der Waals surface area contributed by atoms with E-state index < -0.39 is 0 Å². The summed E-state index contributed by atoms with van der Waals surface area (Å²) in [6.45, 7) is 7.07.